The van der Waals surface area contributed by atoms with E-state index in [1.54, 1.807) is 11.1 Å². The molecule has 0 bridgehead atoms. The molecule has 1 aliphatic heterocycles. The first kappa shape index (κ1) is 14.3. The fourth-order valence-corrected chi connectivity index (χ4v) is 3.52. The lowest BCUT2D eigenvalue weighted by atomic mass is 10.2. The first-order chi connectivity index (χ1) is 9.00. The Kier molecular flexibility index (Phi) is 4.46. The van der Waals surface area contributed by atoms with Crippen LogP contribution in [0.25, 0.3) is 0 Å². The number of piperidine rings is 1. The van der Waals surface area contributed by atoms with Gasteiger partial charge in [0.1, 0.15) is 15.6 Å². The van der Waals surface area contributed by atoms with Crippen molar-refractivity contribution in [3.05, 3.63) is 24.0 Å². The Morgan fingerprint density at radius 1 is 1.37 bits per heavy atom. The quantitative estimate of drug-likeness (QED) is 0.782. The Hall–Kier alpha value is -1.09. The van der Waals surface area contributed by atoms with E-state index in [-0.39, 0.29) is 15.6 Å². The highest BCUT2D eigenvalue weighted by molar-refractivity contribution is 7.89. The molecule has 0 saturated carbocycles. The summed E-state index contributed by atoms with van der Waals surface area (Å²) in [5.74, 6) is 0. The van der Waals surface area contributed by atoms with Crippen LogP contribution in [0.5, 0.6) is 0 Å². The molecule has 8 heteroatoms. The smallest absolute Gasteiger partial charge is 0.255 e. The third kappa shape index (κ3) is 3.47. The zero-order valence-corrected chi connectivity index (χ0v) is 12.0. The number of pyridine rings is 1. The van der Waals surface area contributed by atoms with Gasteiger partial charge in [0.05, 0.1) is 0 Å². The van der Waals surface area contributed by atoms with Crippen LogP contribution in [0.4, 0.5) is 0 Å². The molecular weight excluding hydrogens is 284 g/mol. The Labute approximate surface area is 118 Å². The molecular formula is C11H16N4O2S2. The van der Waals surface area contributed by atoms with E-state index in [4.69, 9.17) is 18.0 Å². The molecule has 0 amide bonds. The maximum absolute atomic E-state index is 12.3. The first-order valence-electron chi connectivity index (χ1n) is 6.03. The van der Waals surface area contributed by atoms with Gasteiger partial charge in [-0.15, -0.1) is 4.83 Å². The summed E-state index contributed by atoms with van der Waals surface area (Å²) in [6.07, 6.45) is 4.56. The molecule has 1 aromatic heterocycles. The summed E-state index contributed by atoms with van der Waals surface area (Å²) >= 11 is 4.83. The first-order valence-corrected chi connectivity index (χ1v) is 7.92. The van der Waals surface area contributed by atoms with Crippen LogP contribution < -0.4 is 10.6 Å². The highest BCUT2D eigenvalue weighted by atomic mass is 32.2. The predicted octanol–water partition coefficient (Wildman–Crippen LogP) is 0.395. The van der Waals surface area contributed by atoms with Gasteiger partial charge in [0.25, 0.3) is 10.0 Å². The number of thiocarbonyl (C=S) groups is 1. The van der Waals surface area contributed by atoms with Crippen molar-refractivity contribution in [3.63, 3.8) is 0 Å². The Balaban J connectivity index is 2.26. The number of hydrogen-bond acceptors (Lipinski definition) is 5. The van der Waals surface area contributed by atoms with Gasteiger partial charge < -0.3 is 5.73 Å². The van der Waals surface area contributed by atoms with Gasteiger partial charge >= 0.3 is 0 Å². The minimum atomic E-state index is -3.69. The number of sulfonamides is 1. The zero-order valence-electron chi connectivity index (χ0n) is 10.4. The summed E-state index contributed by atoms with van der Waals surface area (Å²) in [6.45, 7) is 1.42. The second-order valence-corrected chi connectivity index (χ2v) is 6.43. The summed E-state index contributed by atoms with van der Waals surface area (Å²) in [4.78, 5) is 6.48. The summed E-state index contributed by atoms with van der Waals surface area (Å²) in [5, 5.41) is 1.70. The van der Waals surface area contributed by atoms with Crippen LogP contribution in [0.2, 0.25) is 0 Å². The van der Waals surface area contributed by atoms with E-state index >= 15 is 0 Å². The molecule has 0 aromatic carbocycles. The van der Waals surface area contributed by atoms with Crippen molar-refractivity contribution < 1.29 is 8.42 Å². The summed E-state index contributed by atoms with van der Waals surface area (Å²) in [5.41, 5.74) is 5.63. The summed E-state index contributed by atoms with van der Waals surface area (Å²) < 4.78 is 24.6. The molecule has 2 rings (SSSR count). The average molecular weight is 300 g/mol. The molecule has 0 unspecified atom stereocenters. The van der Waals surface area contributed by atoms with E-state index in [0.717, 1.165) is 19.3 Å². The topological polar surface area (TPSA) is 88.3 Å². The van der Waals surface area contributed by atoms with Crippen LogP contribution in [-0.2, 0) is 10.0 Å². The lowest BCUT2D eigenvalue weighted by Crippen LogP contribution is -2.45. The van der Waals surface area contributed by atoms with Crippen molar-refractivity contribution >= 4 is 27.2 Å². The molecule has 19 heavy (non-hydrogen) atoms. The SMILES string of the molecule is NC(=S)c1ncccc1S(=O)(=O)NN1CCCCC1. The van der Waals surface area contributed by atoms with Crippen molar-refractivity contribution in [2.24, 2.45) is 5.73 Å². The number of hydrogen-bond donors (Lipinski definition) is 2. The number of nitrogens with zero attached hydrogens (tertiary/aromatic N) is 2. The molecule has 1 aliphatic rings. The second-order valence-electron chi connectivity index (χ2n) is 4.36. The number of nitrogens with one attached hydrogen (secondary N) is 1. The highest BCUT2D eigenvalue weighted by Gasteiger charge is 2.24. The molecule has 0 radical (unpaired) electrons. The zero-order chi connectivity index (χ0) is 13.9. The van der Waals surface area contributed by atoms with E-state index < -0.39 is 10.0 Å². The maximum Gasteiger partial charge on any atom is 0.255 e. The van der Waals surface area contributed by atoms with Crippen LogP contribution in [0, 0.1) is 0 Å². The second kappa shape index (κ2) is 5.91. The molecule has 3 N–H and O–H groups in total. The fourth-order valence-electron chi connectivity index (χ4n) is 2.00. The largest absolute Gasteiger partial charge is 0.388 e. The van der Waals surface area contributed by atoms with Gasteiger partial charge in [-0.2, -0.15) is 0 Å². The minimum absolute atomic E-state index is 0.0214. The third-order valence-electron chi connectivity index (χ3n) is 2.90. The van der Waals surface area contributed by atoms with Crippen LogP contribution in [-0.4, -0.2) is 36.5 Å². The molecule has 1 aromatic rings. The number of rotatable bonds is 4. The Morgan fingerprint density at radius 2 is 2.05 bits per heavy atom. The minimum Gasteiger partial charge on any atom is -0.388 e. The maximum atomic E-state index is 12.3. The molecule has 0 atom stereocenters. The summed E-state index contributed by atoms with van der Waals surface area (Å²) in [6, 6.07) is 3.00. The molecule has 1 fully saturated rings. The van der Waals surface area contributed by atoms with Crippen molar-refractivity contribution in [3.8, 4) is 0 Å². The van der Waals surface area contributed by atoms with Crippen molar-refractivity contribution in [1.29, 1.82) is 0 Å². The summed E-state index contributed by atoms with van der Waals surface area (Å²) in [7, 11) is -3.69. The van der Waals surface area contributed by atoms with E-state index in [1.165, 1.54) is 12.3 Å². The van der Waals surface area contributed by atoms with Crippen LogP contribution in [0.1, 0.15) is 25.0 Å². The lowest BCUT2D eigenvalue weighted by Gasteiger charge is -2.26. The number of nitrogens with two attached hydrogens (primary N) is 1. The molecule has 1 saturated heterocycles. The fraction of sp³-hybridized carbons (Fsp3) is 0.455. The van der Waals surface area contributed by atoms with Gasteiger partial charge in [-0.3, -0.25) is 4.98 Å². The van der Waals surface area contributed by atoms with Gasteiger partial charge in [0.2, 0.25) is 0 Å². The van der Waals surface area contributed by atoms with E-state index in [0.29, 0.717) is 13.1 Å². The van der Waals surface area contributed by atoms with Crippen molar-refractivity contribution in [2.75, 3.05) is 13.1 Å². The monoisotopic (exact) mass is 300 g/mol. The Morgan fingerprint density at radius 3 is 2.68 bits per heavy atom. The molecule has 104 valence electrons. The Bertz CT molecular complexity index is 568. The third-order valence-corrected chi connectivity index (χ3v) is 4.50. The predicted molar refractivity (Wildman–Crippen MR) is 75.9 cm³/mol. The van der Waals surface area contributed by atoms with Crippen LogP contribution >= 0.6 is 12.2 Å². The van der Waals surface area contributed by atoms with Crippen LogP contribution in [0.15, 0.2) is 23.2 Å². The lowest BCUT2D eigenvalue weighted by molar-refractivity contribution is 0.200. The number of hydrazine groups is 1. The average Bonchev–Trinajstić information content (AvgIpc) is 2.39. The molecule has 0 aliphatic carbocycles. The van der Waals surface area contributed by atoms with E-state index in [9.17, 15) is 8.42 Å². The van der Waals surface area contributed by atoms with Crippen LogP contribution in [0.3, 0.4) is 0 Å². The van der Waals surface area contributed by atoms with E-state index in [1.807, 2.05) is 0 Å². The van der Waals surface area contributed by atoms with Gasteiger partial charge in [-0.25, -0.2) is 13.4 Å². The van der Waals surface area contributed by atoms with E-state index in [2.05, 4.69) is 9.82 Å². The normalized spacial score (nSPS) is 17.3. The molecule has 6 nitrogen and oxygen atoms in total. The van der Waals surface area contributed by atoms with Gasteiger partial charge in [-0.1, -0.05) is 18.6 Å². The van der Waals surface area contributed by atoms with Gasteiger partial charge in [0, 0.05) is 19.3 Å². The number of aromatic nitrogens is 1. The van der Waals surface area contributed by atoms with Crippen molar-refractivity contribution in [2.45, 2.75) is 24.2 Å². The van der Waals surface area contributed by atoms with Crippen molar-refractivity contribution in [1.82, 2.24) is 14.8 Å². The van der Waals surface area contributed by atoms with Gasteiger partial charge in [0.15, 0.2) is 0 Å². The highest BCUT2D eigenvalue weighted by Crippen LogP contribution is 2.15. The molecule has 2 heterocycles. The molecule has 0 spiro atoms. The van der Waals surface area contributed by atoms with Gasteiger partial charge in [-0.05, 0) is 25.0 Å². The standard InChI is InChI=1S/C11H16N4O2S2/c12-11(18)10-9(5-4-6-13-10)19(16,17)14-15-7-2-1-3-8-15/h4-6,14H,1-3,7-8H2,(H2,12,18).